The number of hydrogen-bond acceptors (Lipinski definition) is 3. The number of phenolic OH excluding ortho intramolecular Hbond substituents is 1. The molecular formula is C8H9NO2. The van der Waals surface area contributed by atoms with E-state index in [1.807, 2.05) is 6.07 Å². The molecule has 0 spiro atoms. The van der Waals surface area contributed by atoms with E-state index in [9.17, 15) is 5.11 Å². The standard InChI is InChI=1S/C8H9NO2/c9-6-4-11-8-5(6)2-1-3-7(8)10/h1-3,6,10H,4,9H2. The van der Waals surface area contributed by atoms with Crippen LogP contribution in [0.4, 0.5) is 0 Å². The molecule has 0 aliphatic carbocycles. The number of fused-ring (bicyclic) bond motifs is 1. The van der Waals surface area contributed by atoms with Crippen molar-refractivity contribution in [2.75, 3.05) is 6.61 Å². The molecule has 1 aliphatic heterocycles. The van der Waals surface area contributed by atoms with Gasteiger partial charge in [-0.1, -0.05) is 12.1 Å². The topological polar surface area (TPSA) is 55.5 Å². The van der Waals surface area contributed by atoms with Crippen LogP contribution in [0.1, 0.15) is 11.6 Å². The highest BCUT2D eigenvalue weighted by Gasteiger charge is 2.22. The molecule has 1 unspecified atom stereocenters. The fourth-order valence-electron chi connectivity index (χ4n) is 1.25. The molecule has 0 bridgehead atoms. The summed E-state index contributed by atoms with van der Waals surface area (Å²) >= 11 is 0. The van der Waals surface area contributed by atoms with Crippen molar-refractivity contribution in [2.24, 2.45) is 5.73 Å². The van der Waals surface area contributed by atoms with Crippen molar-refractivity contribution >= 4 is 0 Å². The summed E-state index contributed by atoms with van der Waals surface area (Å²) in [6, 6.07) is 5.14. The first-order chi connectivity index (χ1) is 5.29. The van der Waals surface area contributed by atoms with E-state index in [0.29, 0.717) is 12.4 Å². The molecule has 0 fully saturated rings. The second-order valence-corrected chi connectivity index (χ2v) is 2.61. The summed E-state index contributed by atoms with van der Waals surface area (Å²) < 4.78 is 5.17. The van der Waals surface area contributed by atoms with Crippen LogP contribution in [-0.4, -0.2) is 11.7 Å². The van der Waals surface area contributed by atoms with Gasteiger partial charge in [0.25, 0.3) is 0 Å². The van der Waals surface area contributed by atoms with E-state index in [4.69, 9.17) is 10.5 Å². The molecule has 3 N–H and O–H groups in total. The zero-order chi connectivity index (χ0) is 7.84. The quantitative estimate of drug-likeness (QED) is 0.576. The molecule has 0 saturated carbocycles. The third kappa shape index (κ3) is 0.851. The summed E-state index contributed by atoms with van der Waals surface area (Å²) in [4.78, 5) is 0. The number of phenols is 1. The lowest BCUT2D eigenvalue weighted by Crippen LogP contribution is -2.10. The van der Waals surface area contributed by atoms with Crippen LogP contribution >= 0.6 is 0 Å². The maximum absolute atomic E-state index is 9.27. The van der Waals surface area contributed by atoms with Gasteiger partial charge in [-0.2, -0.15) is 0 Å². The van der Waals surface area contributed by atoms with Crippen LogP contribution in [0.3, 0.4) is 0 Å². The molecule has 1 atom stereocenters. The molecule has 0 aromatic heterocycles. The summed E-state index contributed by atoms with van der Waals surface area (Å²) in [7, 11) is 0. The highest BCUT2D eigenvalue weighted by Crippen LogP contribution is 2.37. The fourth-order valence-corrected chi connectivity index (χ4v) is 1.25. The van der Waals surface area contributed by atoms with Gasteiger partial charge in [0.2, 0.25) is 0 Å². The van der Waals surface area contributed by atoms with Crippen molar-refractivity contribution in [2.45, 2.75) is 6.04 Å². The van der Waals surface area contributed by atoms with Gasteiger partial charge < -0.3 is 15.6 Å². The molecule has 0 amide bonds. The van der Waals surface area contributed by atoms with Crippen LogP contribution in [0.5, 0.6) is 11.5 Å². The lowest BCUT2D eigenvalue weighted by molar-refractivity contribution is 0.317. The van der Waals surface area contributed by atoms with Crippen LogP contribution < -0.4 is 10.5 Å². The third-order valence-electron chi connectivity index (χ3n) is 1.83. The summed E-state index contributed by atoms with van der Waals surface area (Å²) in [6.07, 6.45) is 0. The predicted octanol–water partition coefficient (Wildman–Crippen LogP) is 0.784. The highest BCUT2D eigenvalue weighted by molar-refractivity contribution is 5.49. The molecule has 1 aliphatic rings. The molecule has 1 heterocycles. The van der Waals surface area contributed by atoms with Gasteiger partial charge in [-0.3, -0.25) is 0 Å². The van der Waals surface area contributed by atoms with Gasteiger partial charge in [-0.25, -0.2) is 0 Å². The lowest BCUT2D eigenvalue weighted by atomic mass is 10.1. The first-order valence-electron chi connectivity index (χ1n) is 3.49. The highest BCUT2D eigenvalue weighted by atomic mass is 16.5. The molecule has 3 nitrogen and oxygen atoms in total. The zero-order valence-electron chi connectivity index (χ0n) is 5.95. The number of hydrogen-bond donors (Lipinski definition) is 2. The van der Waals surface area contributed by atoms with Crippen molar-refractivity contribution in [3.05, 3.63) is 23.8 Å². The average Bonchev–Trinajstić information content (AvgIpc) is 2.35. The minimum Gasteiger partial charge on any atom is -0.504 e. The smallest absolute Gasteiger partial charge is 0.165 e. The van der Waals surface area contributed by atoms with Gasteiger partial charge in [0, 0.05) is 5.56 Å². The summed E-state index contributed by atoms with van der Waals surface area (Å²) in [5, 5.41) is 9.27. The first kappa shape index (κ1) is 6.49. The summed E-state index contributed by atoms with van der Waals surface area (Å²) in [6.45, 7) is 0.465. The Morgan fingerprint density at radius 1 is 1.55 bits per heavy atom. The average molecular weight is 151 g/mol. The molecule has 58 valence electrons. The minimum absolute atomic E-state index is 0.0860. The Bertz CT molecular complexity index is 285. The Balaban J connectivity index is 2.57. The zero-order valence-corrected chi connectivity index (χ0v) is 5.95. The minimum atomic E-state index is -0.0860. The van der Waals surface area contributed by atoms with Crippen LogP contribution in [0, 0.1) is 0 Å². The van der Waals surface area contributed by atoms with Crippen molar-refractivity contribution < 1.29 is 9.84 Å². The van der Waals surface area contributed by atoms with E-state index in [0.717, 1.165) is 5.56 Å². The molecule has 1 aromatic carbocycles. The Morgan fingerprint density at radius 2 is 2.36 bits per heavy atom. The molecule has 0 radical (unpaired) electrons. The van der Waals surface area contributed by atoms with E-state index < -0.39 is 0 Å². The normalized spacial score (nSPS) is 21.0. The van der Waals surface area contributed by atoms with E-state index >= 15 is 0 Å². The van der Waals surface area contributed by atoms with E-state index in [2.05, 4.69) is 0 Å². The predicted molar refractivity (Wildman–Crippen MR) is 40.5 cm³/mol. The van der Waals surface area contributed by atoms with Gasteiger partial charge >= 0.3 is 0 Å². The van der Waals surface area contributed by atoms with Gasteiger partial charge in [0.05, 0.1) is 6.04 Å². The van der Waals surface area contributed by atoms with Crippen molar-refractivity contribution in [1.82, 2.24) is 0 Å². The van der Waals surface area contributed by atoms with Crippen LogP contribution in [0.15, 0.2) is 18.2 Å². The molecule has 11 heavy (non-hydrogen) atoms. The fraction of sp³-hybridized carbons (Fsp3) is 0.250. The second-order valence-electron chi connectivity index (χ2n) is 2.61. The maximum Gasteiger partial charge on any atom is 0.165 e. The van der Waals surface area contributed by atoms with Crippen molar-refractivity contribution in [1.29, 1.82) is 0 Å². The number of rotatable bonds is 0. The van der Waals surface area contributed by atoms with Crippen molar-refractivity contribution in [3.63, 3.8) is 0 Å². The number of benzene rings is 1. The molecular weight excluding hydrogens is 142 g/mol. The Kier molecular flexibility index (Phi) is 1.26. The molecule has 1 aromatic rings. The SMILES string of the molecule is NC1COc2c(O)cccc21. The number of ether oxygens (including phenoxy) is 1. The van der Waals surface area contributed by atoms with Gasteiger partial charge in [0.15, 0.2) is 11.5 Å². The number of nitrogens with two attached hydrogens (primary N) is 1. The Morgan fingerprint density at radius 3 is 3.09 bits per heavy atom. The van der Waals surface area contributed by atoms with E-state index in [1.54, 1.807) is 12.1 Å². The van der Waals surface area contributed by atoms with Gasteiger partial charge in [0.1, 0.15) is 6.61 Å². The number of para-hydroxylation sites is 1. The molecule has 2 rings (SSSR count). The Labute approximate surface area is 64.4 Å². The van der Waals surface area contributed by atoms with E-state index in [-0.39, 0.29) is 11.8 Å². The third-order valence-corrected chi connectivity index (χ3v) is 1.83. The van der Waals surface area contributed by atoms with Crippen LogP contribution in [-0.2, 0) is 0 Å². The van der Waals surface area contributed by atoms with E-state index in [1.165, 1.54) is 0 Å². The summed E-state index contributed by atoms with van der Waals surface area (Å²) in [5.41, 5.74) is 6.57. The molecule has 3 heteroatoms. The summed E-state index contributed by atoms with van der Waals surface area (Å²) in [5.74, 6) is 0.718. The lowest BCUT2D eigenvalue weighted by Gasteiger charge is -2.00. The monoisotopic (exact) mass is 151 g/mol. The van der Waals surface area contributed by atoms with Crippen LogP contribution in [0.2, 0.25) is 0 Å². The first-order valence-corrected chi connectivity index (χ1v) is 3.49. The number of aromatic hydroxyl groups is 1. The Hall–Kier alpha value is -1.22. The van der Waals surface area contributed by atoms with Gasteiger partial charge in [-0.05, 0) is 6.07 Å². The van der Waals surface area contributed by atoms with Crippen LogP contribution in [0.25, 0.3) is 0 Å². The largest absolute Gasteiger partial charge is 0.504 e. The second kappa shape index (κ2) is 2.13. The maximum atomic E-state index is 9.27. The van der Waals surface area contributed by atoms with Crippen molar-refractivity contribution in [3.8, 4) is 11.5 Å². The molecule has 0 saturated heterocycles. The van der Waals surface area contributed by atoms with Gasteiger partial charge in [-0.15, -0.1) is 0 Å².